The lowest BCUT2D eigenvalue weighted by Gasteiger charge is -2.16. The maximum absolute atomic E-state index is 13.3. The largest absolute Gasteiger partial charge is 0.493 e. The van der Waals surface area contributed by atoms with E-state index < -0.39 is 0 Å². The highest BCUT2D eigenvalue weighted by Gasteiger charge is 2.19. The van der Waals surface area contributed by atoms with Crippen LogP contribution in [-0.2, 0) is 0 Å². The molecule has 0 atom stereocenters. The molecule has 2 aromatic carbocycles. The van der Waals surface area contributed by atoms with E-state index in [2.05, 4.69) is 31.2 Å². The molecule has 0 bridgehead atoms. The van der Waals surface area contributed by atoms with Crippen molar-refractivity contribution in [3.05, 3.63) is 46.9 Å². The van der Waals surface area contributed by atoms with E-state index in [1.165, 1.54) is 31.6 Å². The monoisotopic (exact) mass is 476 g/mol. The van der Waals surface area contributed by atoms with Crippen LogP contribution in [-0.4, -0.2) is 54.2 Å². The van der Waals surface area contributed by atoms with Crippen LogP contribution in [0.25, 0.3) is 10.9 Å². The maximum atomic E-state index is 13.3. The van der Waals surface area contributed by atoms with E-state index in [0.717, 1.165) is 0 Å². The summed E-state index contributed by atoms with van der Waals surface area (Å²) in [7, 11) is 1.53. The summed E-state index contributed by atoms with van der Waals surface area (Å²) in [5.41, 5.74) is 0.591. The van der Waals surface area contributed by atoms with Gasteiger partial charge in [0.05, 0.1) is 29.0 Å². The molecule has 8 nitrogen and oxygen atoms in total. The van der Waals surface area contributed by atoms with E-state index in [4.69, 9.17) is 14.2 Å². The summed E-state index contributed by atoms with van der Waals surface area (Å²) in [6, 6.07) is 7.48. The average molecular weight is 477 g/mol. The minimum atomic E-state index is -0.378. The fourth-order valence-electron chi connectivity index (χ4n) is 3.05. The van der Waals surface area contributed by atoms with E-state index >= 15 is 0 Å². The fourth-order valence-corrected chi connectivity index (χ4v) is 3.48. The van der Waals surface area contributed by atoms with Gasteiger partial charge in [-0.15, -0.1) is 0 Å². The molecule has 0 radical (unpaired) electrons. The van der Waals surface area contributed by atoms with Crippen molar-refractivity contribution < 1.29 is 23.4 Å². The lowest BCUT2D eigenvalue weighted by molar-refractivity contribution is 0.201. The molecule has 3 aromatic rings. The zero-order chi connectivity index (χ0) is 21.1. The number of nitrogens with zero attached hydrogens (tertiary/aromatic N) is 3. The van der Waals surface area contributed by atoms with Crippen LogP contribution in [0.4, 0.5) is 9.18 Å². The van der Waals surface area contributed by atoms with Crippen molar-refractivity contribution in [1.29, 1.82) is 0 Å². The molecule has 1 fully saturated rings. The fraction of sp³-hybridized carbons (Fsp3) is 0.250. The standard InChI is InChI=1S/C20H18BrFN4O4/c1-28-17-9-13-15(10-18(17)29-7-6-26-5-4-23-20(26)27)24-11-25-19(13)30-16-3-2-12(22)8-14(16)21/h2-3,8-11H,4-7H2,1H3,(H,23,27). The summed E-state index contributed by atoms with van der Waals surface area (Å²) in [4.78, 5) is 21.8. The first kappa shape index (κ1) is 20.1. The molecule has 0 spiro atoms. The third-order valence-corrected chi connectivity index (χ3v) is 5.17. The second kappa shape index (κ2) is 8.70. The molecular formula is C20H18BrFN4O4. The number of amides is 2. The number of rotatable bonds is 7. The highest BCUT2D eigenvalue weighted by atomic mass is 79.9. The van der Waals surface area contributed by atoms with Gasteiger partial charge in [-0.2, -0.15) is 0 Å². The van der Waals surface area contributed by atoms with E-state index in [0.29, 0.717) is 64.7 Å². The third-order valence-electron chi connectivity index (χ3n) is 4.55. The number of methoxy groups -OCH3 is 1. The molecule has 2 amide bonds. The lowest BCUT2D eigenvalue weighted by Crippen LogP contribution is -2.31. The number of nitrogens with one attached hydrogen (secondary N) is 1. The van der Waals surface area contributed by atoms with Crippen molar-refractivity contribution in [3.8, 4) is 23.1 Å². The molecule has 4 rings (SSSR count). The second-order valence-electron chi connectivity index (χ2n) is 6.44. The topological polar surface area (TPSA) is 85.8 Å². The molecule has 1 N–H and O–H groups in total. The van der Waals surface area contributed by atoms with Crippen molar-refractivity contribution in [3.63, 3.8) is 0 Å². The van der Waals surface area contributed by atoms with Gasteiger partial charge in [0.15, 0.2) is 11.5 Å². The Bertz CT molecular complexity index is 1100. The van der Waals surface area contributed by atoms with Gasteiger partial charge in [0, 0.05) is 19.2 Å². The number of ether oxygens (including phenoxy) is 3. The Morgan fingerprint density at radius 3 is 2.80 bits per heavy atom. The molecule has 0 unspecified atom stereocenters. The van der Waals surface area contributed by atoms with Gasteiger partial charge in [-0.25, -0.2) is 19.2 Å². The quantitative estimate of drug-likeness (QED) is 0.558. The zero-order valence-corrected chi connectivity index (χ0v) is 17.6. The van der Waals surface area contributed by atoms with E-state index in [9.17, 15) is 9.18 Å². The van der Waals surface area contributed by atoms with E-state index in [1.807, 2.05) is 0 Å². The minimum Gasteiger partial charge on any atom is -0.493 e. The van der Waals surface area contributed by atoms with Crippen LogP contribution >= 0.6 is 15.9 Å². The van der Waals surface area contributed by atoms with Gasteiger partial charge in [-0.05, 0) is 40.2 Å². The SMILES string of the molecule is COc1cc2c(Oc3ccc(F)cc3Br)ncnc2cc1OCCN1CCNC1=O. The zero-order valence-electron chi connectivity index (χ0n) is 16.0. The van der Waals surface area contributed by atoms with Gasteiger partial charge >= 0.3 is 6.03 Å². The molecule has 10 heteroatoms. The summed E-state index contributed by atoms with van der Waals surface area (Å²) < 4.78 is 31.0. The van der Waals surface area contributed by atoms with Crippen LogP contribution in [0, 0.1) is 5.82 Å². The Labute approximate surface area is 180 Å². The van der Waals surface area contributed by atoms with Gasteiger partial charge in [-0.3, -0.25) is 0 Å². The summed E-state index contributed by atoms with van der Waals surface area (Å²) in [6.07, 6.45) is 1.37. The van der Waals surface area contributed by atoms with Gasteiger partial charge in [-0.1, -0.05) is 0 Å². The van der Waals surface area contributed by atoms with Crippen LogP contribution < -0.4 is 19.5 Å². The molecule has 1 aliphatic heterocycles. The van der Waals surface area contributed by atoms with Crippen molar-refractivity contribution in [2.45, 2.75) is 0 Å². The predicted octanol–water partition coefficient (Wildman–Crippen LogP) is 3.74. The lowest BCUT2D eigenvalue weighted by atomic mass is 10.2. The third kappa shape index (κ3) is 4.23. The molecular weight excluding hydrogens is 459 g/mol. The maximum Gasteiger partial charge on any atom is 0.317 e. The number of fused-ring (bicyclic) bond motifs is 1. The Kier molecular flexibility index (Phi) is 5.84. The van der Waals surface area contributed by atoms with E-state index in [1.54, 1.807) is 17.0 Å². The Hall–Kier alpha value is -3.14. The summed E-state index contributed by atoms with van der Waals surface area (Å²) in [5.74, 6) is 1.31. The first-order valence-electron chi connectivity index (χ1n) is 9.16. The van der Waals surface area contributed by atoms with Gasteiger partial charge in [0.25, 0.3) is 0 Å². The highest BCUT2D eigenvalue weighted by molar-refractivity contribution is 9.10. The smallest absolute Gasteiger partial charge is 0.317 e. The van der Waals surface area contributed by atoms with E-state index in [-0.39, 0.29) is 11.8 Å². The number of carbonyl (C=O) groups is 1. The Morgan fingerprint density at radius 2 is 2.07 bits per heavy atom. The first-order chi connectivity index (χ1) is 14.5. The number of hydrogen-bond acceptors (Lipinski definition) is 6. The number of hydrogen-bond donors (Lipinski definition) is 1. The molecule has 30 heavy (non-hydrogen) atoms. The molecule has 2 heterocycles. The summed E-state index contributed by atoms with van der Waals surface area (Å²) >= 11 is 3.28. The molecule has 1 aromatic heterocycles. The Balaban J connectivity index is 1.57. The number of halogens is 2. The molecule has 0 aliphatic carbocycles. The van der Waals surface area contributed by atoms with Gasteiger partial charge < -0.3 is 24.4 Å². The average Bonchev–Trinajstić information content (AvgIpc) is 3.14. The highest BCUT2D eigenvalue weighted by Crippen LogP contribution is 2.37. The molecule has 0 saturated carbocycles. The van der Waals surface area contributed by atoms with Crippen LogP contribution in [0.3, 0.4) is 0 Å². The van der Waals surface area contributed by atoms with Crippen molar-refractivity contribution in [1.82, 2.24) is 20.2 Å². The molecule has 156 valence electrons. The van der Waals surface area contributed by atoms with Crippen LogP contribution in [0.5, 0.6) is 23.1 Å². The van der Waals surface area contributed by atoms with Crippen molar-refractivity contribution in [2.24, 2.45) is 0 Å². The molecule has 1 aliphatic rings. The van der Waals surface area contributed by atoms with Crippen LogP contribution in [0.15, 0.2) is 41.1 Å². The number of aromatic nitrogens is 2. The van der Waals surface area contributed by atoms with Crippen LogP contribution in [0.2, 0.25) is 0 Å². The minimum absolute atomic E-state index is 0.0921. The molecule has 1 saturated heterocycles. The van der Waals surface area contributed by atoms with Gasteiger partial charge in [0.2, 0.25) is 5.88 Å². The first-order valence-corrected chi connectivity index (χ1v) is 9.95. The van der Waals surface area contributed by atoms with Crippen LogP contribution in [0.1, 0.15) is 0 Å². The number of benzene rings is 2. The normalized spacial score (nSPS) is 13.4. The Morgan fingerprint density at radius 1 is 1.20 bits per heavy atom. The second-order valence-corrected chi connectivity index (χ2v) is 7.30. The summed E-state index contributed by atoms with van der Waals surface area (Å²) in [5, 5.41) is 3.36. The summed E-state index contributed by atoms with van der Waals surface area (Å²) in [6.45, 7) is 2.07. The van der Waals surface area contributed by atoms with Crippen molar-refractivity contribution >= 4 is 32.9 Å². The number of carbonyl (C=O) groups excluding carboxylic acids is 1. The number of urea groups is 1. The predicted molar refractivity (Wildman–Crippen MR) is 111 cm³/mol. The van der Waals surface area contributed by atoms with Crippen molar-refractivity contribution in [2.75, 3.05) is 33.4 Å². The van der Waals surface area contributed by atoms with Gasteiger partial charge in [0.1, 0.15) is 24.5 Å².